The van der Waals surface area contributed by atoms with Gasteiger partial charge >= 0.3 is 0 Å². The molecule has 0 aliphatic carbocycles. The quantitative estimate of drug-likeness (QED) is 0.847. The molecular weight excluding hydrogens is 336 g/mol. The Hall–Kier alpha value is -2.03. The van der Waals surface area contributed by atoms with Gasteiger partial charge in [0.1, 0.15) is 5.69 Å². The van der Waals surface area contributed by atoms with E-state index < -0.39 is 12.1 Å². The Bertz CT molecular complexity index is 733. The number of likely N-dealkylation sites (tertiary alicyclic amines) is 1. The number of anilines is 1. The van der Waals surface area contributed by atoms with Crippen LogP contribution in [0.2, 0.25) is 0 Å². The molecular formula is C15H17F2N5OS. The number of carbonyl (C=O) groups excluding carboxylic acids is 1. The molecule has 2 aromatic rings. The van der Waals surface area contributed by atoms with Crippen LogP contribution in [0.25, 0.3) is 0 Å². The third-order valence-electron chi connectivity index (χ3n) is 4.76. The van der Waals surface area contributed by atoms with Crippen LogP contribution in [0.15, 0.2) is 17.8 Å². The van der Waals surface area contributed by atoms with Gasteiger partial charge in [-0.2, -0.15) is 5.10 Å². The van der Waals surface area contributed by atoms with E-state index in [0.717, 1.165) is 18.2 Å². The van der Waals surface area contributed by atoms with E-state index in [1.54, 1.807) is 29.5 Å². The third kappa shape index (κ3) is 2.56. The topological polar surface area (TPSA) is 54.3 Å². The van der Waals surface area contributed by atoms with Crippen molar-refractivity contribution in [2.24, 2.45) is 18.9 Å². The predicted molar refractivity (Wildman–Crippen MR) is 85.4 cm³/mol. The SMILES string of the molecule is Cn1cc(C(=O)N2CC3CN(c4nccs4)CC3C2)c(C(F)F)n1. The lowest BCUT2D eigenvalue weighted by molar-refractivity contribution is 0.0769. The fourth-order valence-electron chi connectivity index (χ4n) is 3.69. The number of hydrogen-bond acceptors (Lipinski definition) is 5. The van der Waals surface area contributed by atoms with Gasteiger partial charge in [-0.3, -0.25) is 9.48 Å². The molecule has 2 aromatic heterocycles. The Kier molecular flexibility index (Phi) is 3.75. The highest BCUT2D eigenvalue weighted by molar-refractivity contribution is 7.13. The monoisotopic (exact) mass is 353 g/mol. The molecule has 4 rings (SSSR count). The number of aryl methyl sites for hydroxylation is 1. The summed E-state index contributed by atoms with van der Waals surface area (Å²) in [5, 5.41) is 6.69. The molecule has 0 N–H and O–H groups in total. The zero-order chi connectivity index (χ0) is 16.8. The highest BCUT2D eigenvalue weighted by Crippen LogP contribution is 2.35. The van der Waals surface area contributed by atoms with E-state index in [4.69, 9.17) is 0 Å². The van der Waals surface area contributed by atoms with Crippen LogP contribution in [-0.2, 0) is 7.05 Å². The number of halogens is 2. The van der Waals surface area contributed by atoms with Crippen LogP contribution in [0, 0.1) is 11.8 Å². The molecule has 0 aromatic carbocycles. The molecule has 2 atom stereocenters. The average molecular weight is 353 g/mol. The van der Waals surface area contributed by atoms with Crippen molar-refractivity contribution in [1.82, 2.24) is 19.7 Å². The minimum atomic E-state index is -2.74. The molecule has 128 valence electrons. The molecule has 0 radical (unpaired) electrons. The average Bonchev–Trinajstić information content (AvgIpc) is 3.28. The van der Waals surface area contributed by atoms with Gasteiger partial charge in [-0.25, -0.2) is 13.8 Å². The van der Waals surface area contributed by atoms with Gasteiger partial charge in [-0.05, 0) is 0 Å². The van der Waals surface area contributed by atoms with Crippen molar-refractivity contribution in [1.29, 1.82) is 0 Å². The molecule has 2 aliphatic rings. The number of thiazole rings is 1. The van der Waals surface area contributed by atoms with Crippen LogP contribution in [0.5, 0.6) is 0 Å². The zero-order valence-corrected chi connectivity index (χ0v) is 13.9. The summed E-state index contributed by atoms with van der Waals surface area (Å²) in [6.07, 6.45) is 0.436. The standard InChI is InChI=1S/C15H17F2N5OS/c1-20-8-11(12(19-20)13(16)17)14(23)21-4-9-6-22(7-10(9)5-21)15-18-2-3-24-15/h2-3,8-10,13H,4-7H2,1H3. The molecule has 6 nitrogen and oxygen atoms in total. The van der Waals surface area contributed by atoms with Gasteiger partial charge in [0.2, 0.25) is 0 Å². The van der Waals surface area contributed by atoms with Crippen molar-refractivity contribution in [3.05, 3.63) is 29.0 Å². The summed E-state index contributed by atoms with van der Waals surface area (Å²) in [6, 6.07) is 0. The molecule has 2 aliphatic heterocycles. The summed E-state index contributed by atoms with van der Waals surface area (Å²) >= 11 is 1.61. The lowest BCUT2D eigenvalue weighted by Gasteiger charge is -2.21. The molecule has 2 unspecified atom stereocenters. The number of nitrogens with zero attached hydrogens (tertiary/aromatic N) is 5. The minimum Gasteiger partial charge on any atom is -0.347 e. The molecule has 24 heavy (non-hydrogen) atoms. The Balaban J connectivity index is 1.46. The summed E-state index contributed by atoms with van der Waals surface area (Å²) in [5.74, 6) is 0.391. The smallest absolute Gasteiger partial charge is 0.282 e. The van der Waals surface area contributed by atoms with Gasteiger partial charge in [-0.1, -0.05) is 0 Å². The normalized spacial score (nSPS) is 23.3. The van der Waals surface area contributed by atoms with E-state index in [2.05, 4.69) is 15.0 Å². The first-order valence-electron chi connectivity index (χ1n) is 7.78. The third-order valence-corrected chi connectivity index (χ3v) is 5.59. The van der Waals surface area contributed by atoms with E-state index >= 15 is 0 Å². The Morgan fingerprint density at radius 3 is 2.58 bits per heavy atom. The second kappa shape index (κ2) is 5.80. The molecule has 4 heterocycles. The van der Waals surface area contributed by atoms with Gasteiger partial charge in [0.05, 0.1) is 5.56 Å². The maximum atomic E-state index is 13.1. The summed E-state index contributed by atoms with van der Waals surface area (Å²) in [4.78, 5) is 20.9. The van der Waals surface area contributed by atoms with Gasteiger partial charge < -0.3 is 9.80 Å². The van der Waals surface area contributed by atoms with Crippen molar-refractivity contribution in [2.75, 3.05) is 31.1 Å². The maximum Gasteiger partial charge on any atom is 0.282 e. The largest absolute Gasteiger partial charge is 0.347 e. The molecule has 0 bridgehead atoms. The maximum absolute atomic E-state index is 13.1. The van der Waals surface area contributed by atoms with E-state index in [9.17, 15) is 13.6 Å². The van der Waals surface area contributed by atoms with Gasteiger partial charge in [-0.15, -0.1) is 11.3 Å². The molecule has 0 saturated carbocycles. The van der Waals surface area contributed by atoms with Crippen LogP contribution in [0.4, 0.5) is 13.9 Å². The van der Waals surface area contributed by atoms with Crippen LogP contribution in [-0.4, -0.2) is 51.8 Å². The predicted octanol–water partition coefficient (Wildman–Crippen LogP) is 2.02. The molecule has 0 spiro atoms. The summed E-state index contributed by atoms with van der Waals surface area (Å²) in [5.41, 5.74) is -0.409. The van der Waals surface area contributed by atoms with Crippen molar-refractivity contribution in [2.45, 2.75) is 6.43 Å². The first-order valence-corrected chi connectivity index (χ1v) is 8.66. The van der Waals surface area contributed by atoms with Crippen LogP contribution in [0.3, 0.4) is 0 Å². The number of carbonyl (C=O) groups is 1. The van der Waals surface area contributed by atoms with Crippen LogP contribution in [0.1, 0.15) is 22.5 Å². The van der Waals surface area contributed by atoms with E-state index in [1.165, 1.54) is 10.9 Å². The van der Waals surface area contributed by atoms with Crippen molar-refractivity contribution < 1.29 is 13.6 Å². The Morgan fingerprint density at radius 1 is 1.29 bits per heavy atom. The number of amides is 1. The summed E-state index contributed by atoms with van der Waals surface area (Å²) in [6.45, 7) is 2.92. The number of fused-ring (bicyclic) bond motifs is 1. The number of rotatable bonds is 3. The summed E-state index contributed by atoms with van der Waals surface area (Å²) in [7, 11) is 1.55. The molecule has 1 amide bonds. The fraction of sp³-hybridized carbons (Fsp3) is 0.533. The van der Waals surface area contributed by atoms with Crippen molar-refractivity contribution in [3.8, 4) is 0 Å². The van der Waals surface area contributed by atoms with Gasteiger partial charge in [0.25, 0.3) is 12.3 Å². The second-order valence-electron chi connectivity index (χ2n) is 6.35. The highest BCUT2D eigenvalue weighted by atomic mass is 32.1. The molecule has 9 heteroatoms. The van der Waals surface area contributed by atoms with Gasteiger partial charge in [0.15, 0.2) is 5.13 Å². The lowest BCUT2D eigenvalue weighted by Crippen LogP contribution is -2.33. The van der Waals surface area contributed by atoms with E-state index in [0.29, 0.717) is 24.9 Å². The van der Waals surface area contributed by atoms with Gasteiger partial charge in [0, 0.05) is 62.8 Å². The molecule has 2 fully saturated rings. The van der Waals surface area contributed by atoms with Crippen LogP contribution < -0.4 is 4.90 Å². The molecule has 2 saturated heterocycles. The first-order chi connectivity index (χ1) is 11.5. The lowest BCUT2D eigenvalue weighted by atomic mass is 10.0. The Morgan fingerprint density at radius 2 is 2.00 bits per heavy atom. The highest BCUT2D eigenvalue weighted by Gasteiger charge is 2.43. The number of alkyl halides is 2. The van der Waals surface area contributed by atoms with Crippen molar-refractivity contribution >= 4 is 22.4 Å². The Labute approximate surface area is 141 Å². The second-order valence-corrected chi connectivity index (χ2v) is 7.23. The first kappa shape index (κ1) is 15.5. The van der Waals surface area contributed by atoms with E-state index in [1.807, 2.05) is 5.38 Å². The number of aromatic nitrogens is 3. The minimum absolute atomic E-state index is 0.0178. The zero-order valence-electron chi connectivity index (χ0n) is 13.1. The van der Waals surface area contributed by atoms with E-state index in [-0.39, 0.29) is 11.5 Å². The fourth-order valence-corrected chi connectivity index (χ4v) is 4.35. The number of hydrogen-bond donors (Lipinski definition) is 0. The van der Waals surface area contributed by atoms with Crippen LogP contribution >= 0.6 is 11.3 Å². The van der Waals surface area contributed by atoms with Crippen molar-refractivity contribution in [3.63, 3.8) is 0 Å². The summed E-state index contributed by atoms with van der Waals surface area (Å²) < 4.78 is 27.4.